The molecular formula is C13H20N4O2S2. The minimum Gasteiger partial charge on any atom is -0.449 e. The maximum Gasteiger partial charge on any atom is 0.416 e. The summed E-state index contributed by atoms with van der Waals surface area (Å²) >= 11 is 3.02. The Hall–Kier alpha value is -1.28. The molecule has 1 amide bonds. The van der Waals surface area contributed by atoms with Crippen molar-refractivity contribution in [3.05, 3.63) is 12.7 Å². The minimum atomic E-state index is -0.483. The summed E-state index contributed by atoms with van der Waals surface area (Å²) in [6.07, 6.45) is 1.13. The third-order valence-corrected chi connectivity index (χ3v) is 3.63. The van der Waals surface area contributed by atoms with Gasteiger partial charge < -0.3 is 4.74 Å². The molecule has 0 unspecified atom stereocenters. The van der Waals surface area contributed by atoms with Crippen molar-refractivity contribution in [2.45, 2.75) is 31.1 Å². The lowest BCUT2D eigenvalue weighted by Crippen LogP contribution is -2.33. The number of carbonyl (C=O) groups excluding carboxylic acids is 1. The molecule has 8 heteroatoms. The van der Waals surface area contributed by atoms with Crippen LogP contribution in [0.25, 0.3) is 0 Å². The van der Waals surface area contributed by atoms with Crippen molar-refractivity contribution in [2.75, 3.05) is 29.6 Å². The molecule has 6 nitrogen and oxygen atoms in total. The van der Waals surface area contributed by atoms with E-state index < -0.39 is 6.09 Å². The van der Waals surface area contributed by atoms with Crippen LogP contribution >= 0.6 is 23.5 Å². The number of anilines is 1. The molecule has 1 aromatic rings. The van der Waals surface area contributed by atoms with Gasteiger partial charge >= 0.3 is 6.09 Å². The topological polar surface area (TPSA) is 68.2 Å². The van der Waals surface area contributed by atoms with Crippen molar-refractivity contribution in [3.8, 4) is 0 Å². The smallest absolute Gasteiger partial charge is 0.416 e. The van der Waals surface area contributed by atoms with E-state index in [1.54, 1.807) is 13.0 Å². The van der Waals surface area contributed by atoms with E-state index in [4.69, 9.17) is 4.74 Å². The molecule has 1 heterocycles. The van der Waals surface area contributed by atoms with Crippen molar-refractivity contribution in [3.63, 3.8) is 0 Å². The van der Waals surface area contributed by atoms with Gasteiger partial charge in [0.25, 0.3) is 0 Å². The van der Waals surface area contributed by atoms with Gasteiger partial charge in [0.15, 0.2) is 10.3 Å². The summed E-state index contributed by atoms with van der Waals surface area (Å²) in [6.45, 7) is 10.0. The van der Waals surface area contributed by atoms with Gasteiger partial charge in [0.05, 0.1) is 13.2 Å². The summed E-state index contributed by atoms with van der Waals surface area (Å²) in [5.74, 6) is 2.00. The fraction of sp³-hybridized carbons (Fsp3) is 0.538. The number of rotatable bonds is 8. The average molecular weight is 328 g/mol. The van der Waals surface area contributed by atoms with Crippen LogP contribution in [-0.4, -0.2) is 45.7 Å². The highest BCUT2D eigenvalue weighted by Crippen LogP contribution is 2.22. The maximum absolute atomic E-state index is 12.0. The quantitative estimate of drug-likeness (QED) is 0.536. The maximum atomic E-state index is 12.0. The van der Waals surface area contributed by atoms with E-state index >= 15 is 0 Å². The predicted molar refractivity (Wildman–Crippen MR) is 87.2 cm³/mol. The predicted octanol–water partition coefficient (Wildman–Crippen LogP) is 3.24. The monoisotopic (exact) mass is 328 g/mol. The number of aromatic nitrogens is 3. The second kappa shape index (κ2) is 9.62. The summed E-state index contributed by atoms with van der Waals surface area (Å²) < 4.78 is 5.04. The summed E-state index contributed by atoms with van der Waals surface area (Å²) in [5.41, 5.74) is 0. The normalized spacial score (nSPS) is 10.2. The Labute approximate surface area is 133 Å². The average Bonchev–Trinajstić information content (AvgIpc) is 2.45. The summed E-state index contributed by atoms with van der Waals surface area (Å²) in [7, 11) is 0. The molecule has 0 spiro atoms. The molecule has 0 aliphatic carbocycles. The second-order valence-corrected chi connectivity index (χ2v) is 6.13. The van der Waals surface area contributed by atoms with Crippen LogP contribution in [0.4, 0.5) is 10.7 Å². The van der Waals surface area contributed by atoms with Gasteiger partial charge in [-0.25, -0.2) is 9.69 Å². The molecule has 116 valence electrons. The molecule has 1 aromatic heterocycles. The fourth-order valence-electron chi connectivity index (χ4n) is 1.40. The Balaban J connectivity index is 3.14. The Morgan fingerprint density at radius 3 is 2.19 bits per heavy atom. The van der Waals surface area contributed by atoms with Crippen molar-refractivity contribution >= 4 is 35.6 Å². The Morgan fingerprint density at radius 1 is 1.19 bits per heavy atom. The van der Waals surface area contributed by atoms with Crippen molar-refractivity contribution in [1.82, 2.24) is 15.0 Å². The fourth-order valence-corrected chi connectivity index (χ4v) is 2.57. The number of amides is 1. The van der Waals surface area contributed by atoms with E-state index in [9.17, 15) is 4.79 Å². The Morgan fingerprint density at radius 2 is 1.76 bits per heavy atom. The highest BCUT2D eigenvalue weighted by molar-refractivity contribution is 7.99. The highest BCUT2D eigenvalue weighted by atomic mass is 32.2. The van der Waals surface area contributed by atoms with Crippen LogP contribution in [0.15, 0.2) is 23.0 Å². The molecule has 0 atom stereocenters. The van der Waals surface area contributed by atoms with Crippen LogP contribution in [-0.2, 0) is 4.74 Å². The molecule has 0 saturated carbocycles. The number of hydrogen-bond acceptors (Lipinski definition) is 7. The molecule has 0 fully saturated rings. The van der Waals surface area contributed by atoms with Crippen LogP contribution in [0.3, 0.4) is 0 Å². The molecular weight excluding hydrogens is 308 g/mol. The van der Waals surface area contributed by atoms with Gasteiger partial charge in [0.1, 0.15) is 0 Å². The van der Waals surface area contributed by atoms with Crippen LogP contribution in [0.5, 0.6) is 0 Å². The number of carbonyl (C=O) groups is 1. The van der Waals surface area contributed by atoms with E-state index in [0.717, 1.165) is 11.5 Å². The SMILES string of the molecule is C=CCN(C(=O)OCC)c1nc(SCC)nc(SCC)n1. The molecule has 21 heavy (non-hydrogen) atoms. The number of hydrogen-bond donors (Lipinski definition) is 0. The first-order valence-electron chi connectivity index (χ1n) is 6.73. The largest absolute Gasteiger partial charge is 0.449 e. The van der Waals surface area contributed by atoms with Gasteiger partial charge in [-0.15, -0.1) is 6.58 Å². The number of ether oxygens (including phenoxy) is 1. The molecule has 0 aromatic carbocycles. The first-order valence-corrected chi connectivity index (χ1v) is 8.70. The third-order valence-electron chi connectivity index (χ3n) is 2.17. The first kappa shape index (κ1) is 17.8. The van der Waals surface area contributed by atoms with Crippen LogP contribution < -0.4 is 4.90 Å². The van der Waals surface area contributed by atoms with E-state index in [0.29, 0.717) is 22.9 Å². The molecule has 0 saturated heterocycles. The Kier molecular flexibility index (Phi) is 8.14. The van der Waals surface area contributed by atoms with Crippen LogP contribution in [0, 0.1) is 0 Å². The van der Waals surface area contributed by atoms with E-state index in [2.05, 4.69) is 21.5 Å². The summed E-state index contributed by atoms with van der Waals surface area (Å²) in [5, 5.41) is 1.22. The zero-order valence-corrected chi connectivity index (χ0v) is 14.2. The van der Waals surface area contributed by atoms with Crippen molar-refractivity contribution < 1.29 is 9.53 Å². The Bertz CT molecular complexity index is 461. The third kappa shape index (κ3) is 5.55. The zero-order valence-electron chi connectivity index (χ0n) is 12.5. The standard InChI is InChI=1S/C13H20N4O2S2/c1-5-9-17(13(18)19-6-2)10-14-11(20-7-3)16-12(15-10)21-8-4/h5H,1,6-9H2,2-4H3. The van der Waals surface area contributed by atoms with Crippen LogP contribution in [0.1, 0.15) is 20.8 Å². The zero-order chi connectivity index (χ0) is 15.7. The molecule has 0 aliphatic rings. The molecule has 0 radical (unpaired) electrons. The summed E-state index contributed by atoms with van der Waals surface area (Å²) in [4.78, 5) is 26.4. The van der Waals surface area contributed by atoms with Gasteiger partial charge in [-0.3, -0.25) is 0 Å². The van der Waals surface area contributed by atoms with E-state index in [1.807, 2.05) is 13.8 Å². The first-order chi connectivity index (χ1) is 10.2. The lowest BCUT2D eigenvalue weighted by atomic mass is 10.5. The highest BCUT2D eigenvalue weighted by Gasteiger charge is 2.20. The van der Waals surface area contributed by atoms with E-state index in [-0.39, 0.29) is 6.54 Å². The van der Waals surface area contributed by atoms with Crippen molar-refractivity contribution in [1.29, 1.82) is 0 Å². The van der Waals surface area contributed by atoms with Gasteiger partial charge in [-0.05, 0) is 18.4 Å². The minimum absolute atomic E-state index is 0.287. The number of thioether (sulfide) groups is 2. The number of nitrogens with zero attached hydrogens (tertiary/aromatic N) is 4. The molecule has 0 aliphatic heterocycles. The van der Waals surface area contributed by atoms with E-state index in [1.165, 1.54) is 28.4 Å². The lowest BCUT2D eigenvalue weighted by Gasteiger charge is -2.18. The van der Waals surface area contributed by atoms with Gasteiger partial charge in [0.2, 0.25) is 5.95 Å². The summed E-state index contributed by atoms with van der Waals surface area (Å²) in [6, 6.07) is 0. The van der Waals surface area contributed by atoms with Gasteiger partial charge in [0, 0.05) is 0 Å². The molecule has 0 N–H and O–H groups in total. The van der Waals surface area contributed by atoms with Gasteiger partial charge in [-0.2, -0.15) is 15.0 Å². The lowest BCUT2D eigenvalue weighted by molar-refractivity contribution is 0.160. The second-order valence-electron chi connectivity index (χ2n) is 3.66. The molecule has 1 rings (SSSR count). The molecule has 0 bridgehead atoms. The van der Waals surface area contributed by atoms with Crippen LogP contribution in [0.2, 0.25) is 0 Å². The van der Waals surface area contributed by atoms with Gasteiger partial charge in [-0.1, -0.05) is 43.4 Å². The van der Waals surface area contributed by atoms with Crippen molar-refractivity contribution in [2.24, 2.45) is 0 Å².